The number of alkyl halides is 2. The fraction of sp³-hybridized carbons (Fsp3) is 0.548. The molecular weight excluding hydrogens is 571 g/mol. The van der Waals surface area contributed by atoms with Gasteiger partial charge in [-0.25, -0.2) is 13.2 Å². The van der Waals surface area contributed by atoms with Gasteiger partial charge >= 0.3 is 6.01 Å². The number of aryl methyl sites for hydroxylation is 1. The van der Waals surface area contributed by atoms with Crippen LogP contribution in [0.4, 0.5) is 24.7 Å². The normalized spacial score (nSPS) is 22.4. The smallest absolute Gasteiger partial charge is 0.318 e. The summed E-state index contributed by atoms with van der Waals surface area (Å²) in [5.74, 6) is -2.33. The summed E-state index contributed by atoms with van der Waals surface area (Å²) in [7, 11) is 1.68. The molecule has 2 unspecified atom stereocenters. The summed E-state index contributed by atoms with van der Waals surface area (Å²) in [5.41, 5.74) is 6.23. The highest BCUT2D eigenvalue weighted by molar-refractivity contribution is 5.94. The second kappa shape index (κ2) is 11.8. The van der Waals surface area contributed by atoms with Crippen LogP contribution < -0.4 is 14.5 Å². The highest BCUT2D eigenvalue weighted by atomic mass is 19.3. The number of fused-ring (bicyclic) bond motifs is 2. The maximum atomic E-state index is 14.1. The molecule has 0 aliphatic carbocycles. The Morgan fingerprint density at radius 2 is 2.02 bits per heavy atom. The molecule has 2 saturated heterocycles. The molecule has 0 bridgehead atoms. The molecule has 5 heterocycles. The van der Waals surface area contributed by atoms with Crippen molar-refractivity contribution < 1.29 is 17.9 Å². The highest BCUT2D eigenvalue weighted by Gasteiger charge is 2.43. The standard InChI is InChI=1S/C31H38F3N9O/c1-19-11-26-25(13-36-39-26)28(21(19)3)42-8-6-24-27(16-42)37-30(44-17-23-12-31(33,34)18-40(23)4)38-29(24)43-10-9-41(14-20(2)32)22(15-43)5-7-35/h11,13-14,22-23H,5-6,8-10,12,15-18H2,1-4H3,(H,36,39). The number of benzene rings is 1. The van der Waals surface area contributed by atoms with E-state index in [4.69, 9.17) is 14.7 Å². The maximum absolute atomic E-state index is 14.1. The van der Waals surface area contributed by atoms with Crippen molar-refractivity contribution in [1.29, 1.82) is 5.26 Å². The first-order valence-corrected chi connectivity index (χ1v) is 15.0. The van der Waals surface area contributed by atoms with Gasteiger partial charge in [0.05, 0.1) is 54.7 Å². The first kappa shape index (κ1) is 30.0. The van der Waals surface area contributed by atoms with E-state index in [1.807, 2.05) is 11.1 Å². The second-order valence-corrected chi connectivity index (χ2v) is 12.3. The van der Waals surface area contributed by atoms with Crippen molar-refractivity contribution in [2.75, 3.05) is 56.2 Å². The Kier molecular flexibility index (Phi) is 8.04. The zero-order valence-electron chi connectivity index (χ0n) is 25.6. The van der Waals surface area contributed by atoms with E-state index in [0.717, 1.165) is 45.8 Å². The van der Waals surface area contributed by atoms with Crippen LogP contribution in [0.1, 0.15) is 42.1 Å². The van der Waals surface area contributed by atoms with Crippen LogP contribution in [0.5, 0.6) is 6.01 Å². The third kappa shape index (κ3) is 5.87. The molecular formula is C31H38F3N9O. The summed E-state index contributed by atoms with van der Waals surface area (Å²) >= 11 is 0. The number of ether oxygens (including phenoxy) is 1. The van der Waals surface area contributed by atoms with Crippen LogP contribution >= 0.6 is 0 Å². The number of nitriles is 1. The van der Waals surface area contributed by atoms with Crippen molar-refractivity contribution in [3.63, 3.8) is 0 Å². The first-order valence-electron chi connectivity index (χ1n) is 15.0. The fourth-order valence-electron chi connectivity index (χ4n) is 6.78. The van der Waals surface area contributed by atoms with Crippen LogP contribution in [0.25, 0.3) is 10.9 Å². The minimum atomic E-state index is -2.75. The number of hydrogen-bond acceptors (Lipinski definition) is 9. The van der Waals surface area contributed by atoms with E-state index in [-0.39, 0.29) is 43.9 Å². The Labute approximate surface area is 255 Å². The fourth-order valence-corrected chi connectivity index (χ4v) is 6.78. The first-order chi connectivity index (χ1) is 21.0. The molecule has 10 nitrogen and oxygen atoms in total. The zero-order valence-corrected chi connectivity index (χ0v) is 25.6. The van der Waals surface area contributed by atoms with Crippen molar-refractivity contribution in [1.82, 2.24) is 30.0 Å². The summed E-state index contributed by atoms with van der Waals surface area (Å²) < 4.78 is 48.0. The number of rotatable bonds is 7. The van der Waals surface area contributed by atoms with Gasteiger partial charge in [-0.1, -0.05) is 0 Å². The van der Waals surface area contributed by atoms with Crippen LogP contribution in [0.15, 0.2) is 24.3 Å². The van der Waals surface area contributed by atoms with Crippen LogP contribution in [-0.4, -0.2) is 94.3 Å². The van der Waals surface area contributed by atoms with E-state index in [9.17, 15) is 18.4 Å². The molecule has 6 rings (SSSR count). The molecule has 1 aromatic carbocycles. The van der Waals surface area contributed by atoms with E-state index in [1.54, 1.807) is 11.9 Å². The number of likely N-dealkylation sites (N-methyl/N-ethyl adjacent to an activating group) is 1. The Morgan fingerprint density at radius 3 is 2.75 bits per heavy atom. The van der Waals surface area contributed by atoms with Gasteiger partial charge in [-0.15, -0.1) is 0 Å². The second-order valence-electron chi connectivity index (χ2n) is 12.3. The van der Waals surface area contributed by atoms with Crippen LogP contribution in [-0.2, 0) is 13.0 Å². The summed E-state index contributed by atoms with van der Waals surface area (Å²) in [6, 6.07) is 3.82. The maximum Gasteiger partial charge on any atom is 0.318 e. The Bertz CT molecular complexity index is 1610. The van der Waals surface area contributed by atoms with Gasteiger partial charge in [0, 0.05) is 55.8 Å². The molecule has 44 heavy (non-hydrogen) atoms. The largest absolute Gasteiger partial charge is 0.462 e. The Hall–Kier alpha value is -4.05. The van der Waals surface area contributed by atoms with Gasteiger partial charge < -0.3 is 19.4 Å². The molecule has 0 radical (unpaired) electrons. The van der Waals surface area contributed by atoms with Gasteiger partial charge in [-0.3, -0.25) is 10.00 Å². The minimum Gasteiger partial charge on any atom is -0.462 e. The molecule has 0 saturated carbocycles. The molecule has 1 N–H and O–H groups in total. The van der Waals surface area contributed by atoms with E-state index < -0.39 is 12.0 Å². The van der Waals surface area contributed by atoms with Crippen molar-refractivity contribution in [2.45, 2.75) is 64.6 Å². The van der Waals surface area contributed by atoms with E-state index in [1.165, 1.54) is 18.7 Å². The number of piperazine rings is 1. The molecule has 2 aromatic heterocycles. The van der Waals surface area contributed by atoms with Gasteiger partial charge in [0.2, 0.25) is 0 Å². The summed E-state index contributed by atoms with van der Waals surface area (Å²) in [5, 5.41) is 17.9. The number of allylic oxidation sites excluding steroid dienone is 1. The molecule has 3 aliphatic rings. The van der Waals surface area contributed by atoms with E-state index in [2.05, 4.69) is 46.0 Å². The summed E-state index contributed by atoms with van der Waals surface area (Å²) in [4.78, 5) is 17.6. The zero-order chi connectivity index (χ0) is 31.2. The lowest BCUT2D eigenvalue weighted by molar-refractivity contribution is 0.0136. The van der Waals surface area contributed by atoms with Gasteiger partial charge in [-0.2, -0.15) is 20.3 Å². The van der Waals surface area contributed by atoms with Crippen molar-refractivity contribution in [3.8, 4) is 12.1 Å². The lowest BCUT2D eigenvalue weighted by Gasteiger charge is -2.42. The molecule has 0 spiro atoms. The average Bonchev–Trinajstić information content (AvgIpc) is 3.54. The van der Waals surface area contributed by atoms with Crippen molar-refractivity contribution in [2.24, 2.45) is 0 Å². The molecule has 234 valence electrons. The number of halogens is 3. The van der Waals surface area contributed by atoms with E-state index >= 15 is 0 Å². The number of likely N-dealkylation sites (tertiary alicyclic amines) is 1. The quantitative estimate of drug-likeness (QED) is 0.416. The predicted octanol–water partition coefficient (Wildman–Crippen LogP) is 4.49. The Morgan fingerprint density at radius 1 is 1.20 bits per heavy atom. The predicted molar refractivity (Wildman–Crippen MR) is 162 cm³/mol. The van der Waals surface area contributed by atoms with Gasteiger partial charge in [-0.05, 0) is 51.4 Å². The molecule has 2 fully saturated rings. The SMILES string of the molecule is CC(F)=CN1CCN(c2nc(OCC3CC(F)(F)CN3C)nc3c2CCN(c2c(C)c(C)cc4[nH]ncc24)C3)CC1CC#N. The minimum absolute atomic E-state index is 0.0477. The number of nitrogens with one attached hydrogen (secondary N) is 1. The van der Waals surface area contributed by atoms with Gasteiger partial charge in [0.15, 0.2) is 0 Å². The number of anilines is 2. The molecule has 3 aliphatic heterocycles. The number of nitrogens with zero attached hydrogens (tertiary/aromatic N) is 8. The number of hydrogen-bond donors (Lipinski definition) is 1. The number of aromatic nitrogens is 4. The van der Waals surface area contributed by atoms with Gasteiger partial charge in [0.1, 0.15) is 18.3 Å². The third-order valence-electron chi connectivity index (χ3n) is 9.11. The van der Waals surface area contributed by atoms with E-state index in [0.29, 0.717) is 32.6 Å². The lowest BCUT2D eigenvalue weighted by atomic mass is 9.99. The van der Waals surface area contributed by atoms with Crippen molar-refractivity contribution >= 4 is 22.4 Å². The van der Waals surface area contributed by atoms with Gasteiger partial charge in [0.25, 0.3) is 5.92 Å². The van der Waals surface area contributed by atoms with Crippen molar-refractivity contribution in [3.05, 3.63) is 46.7 Å². The topological polar surface area (TPSA) is 100 Å². The average molecular weight is 610 g/mol. The van der Waals surface area contributed by atoms with Crippen LogP contribution in [0.3, 0.4) is 0 Å². The monoisotopic (exact) mass is 609 g/mol. The van der Waals surface area contributed by atoms with Crippen LogP contribution in [0.2, 0.25) is 0 Å². The summed E-state index contributed by atoms with van der Waals surface area (Å²) in [6.07, 6.45) is 3.96. The lowest BCUT2D eigenvalue weighted by Crippen LogP contribution is -2.51. The third-order valence-corrected chi connectivity index (χ3v) is 9.11. The number of H-pyrrole nitrogens is 1. The molecule has 13 heteroatoms. The molecule has 3 aromatic rings. The molecule has 0 amide bonds. The summed E-state index contributed by atoms with van der Waals surface area (Å²) in [6.45, 7) is 8.17. The highest BCUT2D eigenvalue weighted by Crippen LogP contribution is 2.38. The number of aromatic amines is 1. The Balaban J connectivity index is 1.34. The van der Waals surface area contributed by atoms with Crippen LogP contribution in [0, 0.1) is 25.2 Å². The molecule has 2 atom stereocenters.